The smallest absolute Gasteiger partial charge is 0.0598 e. The van der Waals surface area contributed by atoms with Crippen LogP contribution in [0.4, 0.5) is 5.69 Å². The Hall–Kier alpha value is -0.860. The van der Waals surface area contributed by atoms with Crippen molar-refractivity contribution in [1.82, 2.24) is 4.98 Å². The monoisotopic (exact) mass is 230 g/mol. The van der Waals surface area contributed by atoms with Gasteiger partial charge in [-0.2, -0.15) is 0 Å². The third kappa shape index (κ3) is 1.97. The Morgan fingerprint density at radius 1 is 1.43 bits per heavy atom. The van der Waals surface area contributed by atoms with Gasteiger partial charge in [-0.3, -0.25) is 0 Å². The number of benzene rings is 1. The average molecular weight is 231 g/mol. The standard InChI is InChI=1S/C10H11ClN2.ClH/c1-2-12-10-6-13-9-4-3-7(11)5-8(9)10;/h3-6,12-13H,2H2,1H3;1H. The minimum Gasteiger partial charge on any atom is -0.384 e. The second kappa shape index (κ2) is 4.58. The first-order chi connectivity index (χ1) is 6.31. The second-order valence-corrected chi connectivity index (χ2v) is 3.36. The number of halogens is 2. The summed E-state index contributed by atoms with van der Waals surface area (Å²) in [6.45, 7) is 2.99. The summed E-state index contributed by atoms with van der Waals surface area (Å²) in [5.41, 5.74) is 2.22. The molecule has 0 atom stereocenters. The molecule has 0 bridgehead atoms. The van der Waals surface area contributed by atoms with Crippen molar-refractivity contribution >= 4 is 40.6 Å². The molecule has 0 aliphatic carbocycles. The number of anilines is 1. The Morgan fingerprint density at radius 3 is 2.93 bits per heavy atom. The van der Waals surface area contributed by atoms with Gasteiger partial charge < -0.3 is 10.3 Å². The van der Waals surface area contributed by atoms with Crippen LogP contribution in [0.2, 0.25) is 5.02 Å². The molecule has 0 amide bonds. The van der Waals surface area contributed by atoms with Gasteiger partial charge in [-0.25, -0.2) is 0 Å². The highest BCUT2D eigenvalue weighted by molar-refractivity contribution is 6.31. The fourth-order valence-electron chi connectivity index (χ4n) is 1.43. The number of aromatic nitrogens is 1. The number of fused-ring (bicyclic) bond motifs is 1. The molecule has 0 fully saturated rings. The van der Waals surface area contributed by atoms with Crippen molar-refractivity contribution in [3.8, 4) is 0 Å². The van der Waals surface area contributed by atoms with Crippen LogP contribution in [0, 0.1) is 0 Å². The molecule has 0 saturated heterocycles. The summed E-state index contributed by atoms with van der Waals surface area (Å²) in [7, 11) is 0. The topological polar surface area (TPSA) is 27.8 Å². The lowest BCUT2D eigenvalue weighted by Crippen LogP contribution is -1.94. The number of nitrogens with one attached hydrogen (secondary N) is 2. The minimum absolute atomic E-state index is 0. The van der Waals surface area contributed by atoms with E-state index in [0.717, 1.165) is 28.2 Å². The molecular weight excluding hydrogens is 219 g/mol. The van der Waals surface area contributed by atoms with Gasteiger partial charge in [0.25, 0.3) is 0 Å². The maximum Gasteiger partial charge on any atom is 0.0598 e. The summed E-state index contributed by atoms with van der Waals surface area (Å²) in [5, 5.41) is 5.19. The summed E-state index contributed by atoms with van der Waals surface area (Å²) in [6.07, 6.45) is 1.96. The van der Waals surface area contributed by atoms with E-state index < -0.39 is 0 Å². The van der Waals surface area contributed by atoms with Crippen LogP contribution in [-0.4, -0.2) is 11.5 Å². The number of hydrogen-bond donors (Lipinski definition) is 2. The highest BCUT2D eigenvalue weighted by atomic mass is 35.5. The molecule has 4 heteroatoms. The molecule has 1 aromatic heterocycles. The molecule has 0 radical (unpaired) electrons. The van der Waals surface area contributed by atoms with E-state index in [9.17, 15) is 0 Å². The molecule has 2 nitrogen and oxygen atoms in total. The van der Waals surface area contributed by atoms with E-state index >= 15 is 0 Å². The summed E-state index contributed by atoms with van der Waals surface area (Å²) in [4.78, 5) is 3.18. The lowest BCUT2D eigenvalue weighted by Gasteiger charge is -1.99. The van der Waals surface area contributed by atoms with Crippen LogP contribution >= 0.6 is 24.0 Å². The molecule has 0 aliphatic rings. The first-order valence-corrected chi connectivity index (χ1v) is 4.69. The van der Waals surface area contributed by atoms with Gasteiger partial charge in [-0.05, 0) is 25.1 Å². The number of aromatic amines is 1. The van der Waals surface area contributed by atoms with Gasteiger partial charge in [0, 0.05) is 28.7 Å². The van der Waals surface area contributed by atoms with Crippen molar-refractivity contribution in [2.45, 2.75) is 6.92 Å². The van der Waals surface area contributed by atoms with Crippen LogP contribution in [0.25, 0.3) is 10.9 Å². The molecule has 76 valence electrons. The highest BCUT2D eigenvalue weighted by Gasteiger charge is 2.01. The highest BCUT2D eigenvalue weighted by Crippen LogP contribution is 2.25. The maximum absolute atomic E-state index is 5.91. The van der Waals surface area contributed by atoms with Crippen LogP contribution < -0.4 is 5.32 Å². The van der Waals surface area contributed by atoms with Crippen molar-refractivity contribution < 1.29 is 0 Å². The van der Waals surface area contributed by atoms with Gasteiger partial charge in [-0.1, -0.05) is 11.6 Å². The van der Waals surface area contributed by atoms with Crippen molar-refractivity contribution in [2.75, 3.05) is 11.9 Å². The maximum atomic E-state index is 5.91. The van der Waals surface area contributed by atoms with Crippen molar-refractivity contribution in [3.63, 3.8) is 0 Å². The third-order valence-electron chi connectivity index (χ3n) is 2.01. The summed E-state index contributed by atoms with van der Waals surface area (Å²) in [6, 6.07) is 5.83. The van der Waals surface area contributed by atoms with E-state index in [2.05, 4.69) is 17.2 Å². The molecular formula is C10H12Cl2N2. The SMILES string of the molecule is CCNc1c[nH]c2ccc(Cl)cc12.Cl. The third-order valence-corrected chi connectivity index (χ3v) is 2.25. The van der Waals surface area contributed by atoms with E-state index in [0.29, 0.717) is 0 Å². The van der Waals surface area contributed by atoms with Crippen LogP contribution in [0.3, 0.4) is 0 Å². The fraction of sp³-hybridized carbons (Fsp3) is 0.200. The Morgan fingerprint density at radius 2 is 2.21 bits per heavy atom. The lowest BCUT2D eigenvalue weighted by molar-refractivity contribution is 1.22. The molecule has 14 heavy (non-hydrogen) atoms. The van der Waals surface area contributed by atoms with E-state index in [1.54, 1.807) is 0 Å². The molecule has 0 aliphatic heterocycles. The van der Waals surface area contributed by atoms with E-state index in [4.69, 9.17) is 11.6 Å². The largest absolute Gasteiger partial charge is 0.384 e. The summed E-state index contributed by atoms with van der Waals surface area (Å²) < 4.78 is 0. The molecule has 2 aromatic rings. The molecule has 0 spiro atoms. The average Bonchev–Trinajstić information content (AvgIpc) is 2.49. The zero-order valence-corrected chi connectivity index (χ0v) is 9.38. The molecule has 1 heterocycles. The second-order valence-electron chi connectivity index (χ2n) is 2.92. The van der Waals surface area contributed by atoms with E-state index in [1.807, 2.05) is 24.4 Å². The van der Waals surface area contributed by atoms with E-state index in [-0.39, 0.29) is 12.4 Å². The number of H-pyrrole nitrogens is 1. The van der Waals surface area contributed by atoms with Crippen LogP contribution in [-0.2, 0) is 0 Å². The van der Waals surface area contributed by atoms with E-state index in [1.165, 1.54) is 0 Å². The van der Waals surface area contributed by atoms with Crippen LogP contribution in [0.5, 0.6) is 0 Å². The predicted octanol–water partition coefficient (Wildman–Crippen LogP) is 3.67. The van der Waals surface area contributed by atoms with Gasteiger partial charge in [0.2, 0.25) is 0 Å². The van der Waals surface area contributed by atoms with Gasteiger partial charge in [0.05, 0.1) is 5.69 Å². The van der Waals surface area contributed by atoms with Gasteiger partial charge in [0.1, 0.15) is 0 Å². The Balaban J connectivity index is 0.000000980. The van der Waals surface area contributed by atoms with Crippen LogP contribution in [0.15, 0.2) is 24.4 Å². The summed E-state index contributed by atoms with van der Waals surface area (Å²) in [5.74, 6) is 0. The van der Waals surface area contributed by atoms with Crippen molar-refractivity contribution in [1.29, 1.82) is 0 Å². The first-order valence-electron chi connectivity index (χ1n) is 4.32. The Kier molecular flexibility index (Phi) is 3.67. The summed E-state index contributed by atoms with van der Waals surface area (Å²) >= 11 is 5.91. The quantitative estimate of drug-likeness (QED) is 0.810. The van der Waals surface area contributed by atoms with Gasteiger partial charge >= 0.3 is 0 Å². The molecule has 1 aromatic carbocycles. The van der Waals surface area contributed by atoms with Crippen molar-refractivity contribution in [2.24, 2.45) is 0 Å². The Bertz CT molecular complexity index is 423. The molecule has 2 rings (SSSR count). The normalized spacial score (nSPS) is 9.86. The molecule has 0 unspecified atom stereocenters. The predicted molar refractivity (Wildman–Crippen MR) is 64.7 cm³/mol. The number of hydrogen-bond acceptors (Lipinski definition) is 1. The molecule has 0 saturated carbocycles. The van der Waals surface area contributed by atoms with Gasteiger partial charge in [0.15, 0.2) is 0 Å². The first kappa shape index (κ1) is 11.2. The minimum atomic E-state index is 0. The lowest BCUT2D eigenvalue weighted by atomic mass is 10.2. The zero-order chi connectivity index (χ0) is 9.26. The number of rotatable bonds is 2. The fourth-order valence-corrected chi connectivity index (χ4v) is 1.60. The van der Waals surface area contributed by atoms with Gasteiger partial charge in [-0.15, -0.1) is 12.4 Å². The van der Waals surface area contributed by atoms with Crippen LogP contribution in [0.1, 0.15) is 6.92 Å². The Labute approximate surface area is 94.1 Å². The van der Waals surface area contributed by atoms with Crippen molar-refractivity contribution in [3.05, 3.63) is 29.4 Å². The zero-order valence-electron chi connectivity index (χ0n) is 7.80. The molecule has 2 N–H and O–H groups in total.